The number of aliphatic imine (C=N–C) groups is 1. The van der Waals surface area contributed by atoms with Crippen molar-refractivity contribution in [1.29, 1.82) is 0 Å². The molecular formula is C17H18ClF4N5O. The molecule has 1 aromatic heterocycles. The molecule has 0 radical (unpaired) electrons. The molecule has 0 bridgehead atoms. The van der Waals surface area contributed by atoms with Crippen LogP contribution in [0.3, 0.4) is 0 Å². The first kappa shape index (κ1) is 20.4. The zero-order valence-electron chi connectivity index (χ0n) is 15.0. The van der Waals surface area contributed by atoms with Gasteiger partial charge in [0.15, 0.2) is 12.0 Å². The summed E-state index contributed by atoms with van der Waals surface area (Å²) in [6, 6.07) is 3.89. The molecule has 2 atom stereocenters. The number of rotatable bonds is 4. The van der Waals surface area contributed by atoms with Gasteiger partial charge in [0, 0.05) is 18.3 Å². The largest absolute Gasteiger partial charge is 0.386 e. The van der Waals surface area contributed by atoms with E-state index in [9.17, 15) is 17.6 Å². The van der Waals surface area contributed by atoms with Crippen LogP contribution in [-0.4, -0.2) is 42.0 Å². The maximum absolute atomic E-state index is 14.8. The zero-order chi connectivity index (χ0) is 20.6. The molecule has 0 fully saturated rings. The monoisotopic (exact) mass is 419 g/mol. The molecule has 2 N–H and O–H groups in total. The van der Waals surface area contributed by atoms with Crippen molar-refractivity contribution in [2.75, 3.05) is 25.2 Å². The van der Waals surface area contributed by atoms with Crippen LogP contribution in [0.15, 0.2) is 29.4 Å². The van der Waals surface area contributed by atoms with Gasteiger partial charge in [0.25, 0.3) is 0 Å². The molecule has 0 spiro atoms. The van der Waals surface area contributed by atoms with Crippen LogP contribution in [0, 0.1) is 5.82 Å². The molecule has 0 amide bonds. The van der Waals surface area contributed by atoms with Crippen molar-refractivity contribution in [2.24, 2.45) is 10.7 Å². The van der Waals surface area contributed by atoms with Crippen LogP contribution in [0.1, 0.15) is 19.0 Å². The number of aromatic nitrogens is 2. The fourth-order valence-electron chi connectivity index (χ4n) is 2.98. The summed E-state index contributed by atoms with van der Waals surface area (Å²) in [6.45, 7) is -1.80. The van der Waals surface area contributed by atoms with Crippen LogP contribution in [0.5, 0.6) is 0 Å². The minimum absolute atomic E-state index is 0.0200. The molecule has 2 heterocycles. The van der Waals surface area contributed by atoms with Crippen molar-refractivity contribution in [2.45, 2.75) is 25.2 Å². The number of alkyl halides is 3. The van der Waals surface area contributed by atoms with E-state index in [1.54, 1.807) is 0 Å². The van der Waals surface area contributed by atoms with Gasteiger partial charge in [-0.1, -0.05) is 11.6 Å². The predicted molar refractivity (Wildman–Crippen MR) is 97.6 cm³/mol. The Balaban J connectivity index is 2.05. The van der Waals surface area contributed by atoms with Gasteiger partial charge < -0.3 is 15.4 Å². The van der Waals surface area contributed by atoms with E-state index < -0.39 is 24.1 Å². The van der Waals surface area contributed by atoms with E-state index in [1.807, 2.05) is 0 Å². The van der Waals surface area contributed by atoms with Gasteiger partial charge >= 0.3 is 6.55 Å². The highest BCUT2D eigenvalue weighted by Gasteiger charge is 2.40. The molecule has 152 valence electrons. The fourth-order valence-corrected chi connectivity index (χ4v) is 3.24. The van der Waals surface area contributed by atoms with Crippen molar-refractivity contribution in [1.82, 2.24) is 9.78 Å². The second-order valence-corrected chi connectivity index (χ2v) is 6.92. The summed E-state index contributed by atoms with van der Waals surface area (Å²) in [7, 11) is 1.52. The van der Waals surface area contributed by atoms with Gasteiger partial charge in [0.2, 0.25) is 0 Å². The highest BCUT2D eigenvalue weighted by molar-refractivity contribution is 6.33. The second-order valence-electron chi connectivity index (χ2n) is 6.51. The maximum atomic E-state index is 14.8. The number of halogens is 5. The lowest BCUT2D eigenvalue weighted by atomic mass is 9.87. The standard InChI is InChI=1S/C17H18ClF4N5O/c1-17(13(20)7-28-8-14(23)24-17)10-5-9(3-4-12(10)19)26(2)15-11(18)6-27(25-15)16(21)22/h3-6,13,16H,7-8H2,1-2H3,(H2,23,24)/t13-,17+/m0/s1. The molecular weight excluding hydrogens is 402 g/mol. The van der Waals surface area contributed by atoms with Gasteiger partial charge in [-0.25, -0.2) is 13.5 Å². The summed E-state index contributed by atoms with van der Waals surface area (Å²) in [6.07, 6.45) is -0.667. The predicted octanol–water partition coefficient (Wildman–Crippen LogP) is 3.78. The van der Waals surface area contributed by atoms with Crippen molar-refractivity contribution in [3.05, 3.63) is 40.8 Å². The quantitative estimate of drug-likeness (QED) is 0.766. The third-order valence-corrected chi connectivity index (χ3v) is 4.84. The Morgan fingerprint density at radius 3 is 2.79 bits per heavy atom. The lowest BCUT2D eigenvalue weighted by molar-refractivity contribution is 0.0568. The Labute approximate surface area is 163 Å². The lowest BCUT2D eigenvalue weighted by Crippen LogP contribution is -2.36. The first-order valence-electron chi connectivity index (χ1n) is 8.26. The van der Waals surface area contributed by atoms with Crippen molar-refractivity contribution < 1.29 is 22.3 Å². The van der Waals surface area contributed by atoms with Crippen LogP contribution in [-0.2, 0) is 10.3 Å². The molecule has 1 aliphatic rings. The molecule has 0 unspecified atom stereocenters. The highest BCUT2D eigenvalue weighted by Crippen LogP contribution is 2.38. The zero-order valence-corrected chi connectivity index (χ0v) is 15.8. The normalized spacial score (nSPS) is 22.9. The van der Waals surface area contributed by atoms with Crippen molar-refractivity contribution >= 4 is 28.9 Å². The third-order valence-electron chi connectivity index (χ3n) is 4.57. The summed E-state index contributed by atoms with van der Waals surface area (Å²) < 4.78 is 60.6. The average Bonchev–Trinajstić information content (AvgIpc) is 2.97. The molecule has 28 heavy (non-hydrogen) atoms. The van der Waals surface area contributed by atoms with Gasteiger partial charge in [0.1, 0.15) is 28.8 Å². The minimum Gasteiger partial charge on any atom is -0.386 e. The molecule has 0 saturated carbocycles. The Bertz CT molecular complexity index is 906. The van der Waals surface area contributed by atoms with Gasteiger partial charge in [-0.2, -0.15) is 8.78 Å². The average molecular weight is 420 g/mol. The number of hydrogen-bond acceptors (Lipinski definition) is 5. The summed E-state index contributed by atoms with van der Waals surface area (Å²) in [5, 5.41) is 3.71. The van der Waals surface area contributed by atoms with E-state index in [-0.39, 0.29) is 35.5 Å². The summed E-state index contributed by atoms with van der Waals surface area (Å²) in [5.74, 6) is -0.613. The van der Waals surface area contributed by atoms with E-state index in [0.29, 0.717) is 10.4 Å². The molecule has 6 nitrogen and oxygen atoms in total. The van der Waals surface area contributed by atoms with E-state index in [4.69, 9.17) is 22.1 Å². The number of hydrogen-bond donors (Lipinski definition) is 1. The van der Waals surface area contributed by atoms with Crippen LogP contribution in [0.2, 0.25) is 5.02 Å². The molecule has 1 aromatic carbocycles. The van der Waals surface area contributed by atoms with Gasteiger partial charge in [0.05, 0.1) is 12.8 Å². The van der Waals surface area contributed by atoms with Gasteiger partial charge in [-0.3, -0.25) is 4.99 Å². The smallest absolute Gasteiger partial charge is 0.333 e. The summed E-state index contributed by atoms with van der Waals surface area (Å²) in [4.78, 5) is 5.52. The molecule has 11 heteroatoms. The molecule has 1 aliphatic heterocycles. The number of ether oxygens (including phenoxy) is 1. The topological polar surface area (TPSA) is 68.7 Å². The summed E-state index contributed by atoms with van der Waals surface area (Å²) in [5.41, 5.74) is 4.41. The first-order valence-corrected chi connectivity index (χ1v) is 8.64. The Kier molecular flexibility index (Phi) is 5.53. The lowest BCUT2D eigenvalue weighted by Gasteiger charge is -2.29. The van der Waals surface area contributed by atoms with Crippen LogP contribution >= 0.6 is 11.6 Å². The maximum Gasteiger partial charge on any atom is 0.333 e. The number of nitrogens with two attached hydrogens (primary N) is 1. The van der Waals surface area contributed by atoms with Crippen molar-refractivity contribution in [3.63, 3.8) is 0 Å². The Hall–Kier alpha value is -2.33. The molecule has 0 aliphatic carbocycles. The van der Waals surface area contributed by atoms with Crippen LogP contribution < -0.4 is 10.6 Å². The first-order chi connectivity index (χ1) is 13.1. The minimum atomic E-state index is -2.86. The molecule has 2 aromatic rings. The van der Waals surface area contributed by atoms with E-state index in [2.05, 4.69) is 10.1 Å². The molecule has 0 saturated heterocycles. The number of anilines is 2. The molecule has 3 rings (SSSR count). The Morgan fingerprint density at radius 2 is 2.14 bits per heavy atom. The van der Waals surface area contributed by atoms with Crippen LogP contribution in [0.4, 0.5) is 29.1 Å². The highest BCUT2D eigenvalue weighted by atomic mass is 35.5. The Morgan fingerprint density at radius 1 is 1.43 bits per heavy atom. The van der Waals surface area contributed by atoms with Gasteiger partial charge in [-0.05, 0) is 25.1 Å². The van der Waals surface area contributed by atoms with E-state index >= 15 is 0 Å². The van der Waals surface area contributed by atoms with Crippen LogP contribution in [0.25, 0.3) is 0 Å². The van der Waals surface area contributed by atoms with Gasteiger partial charge in [-0.15, -0.1) is 5.10 Å². The van der Waals surface area contributed by atoms with Crippen molar-refractivity contribution in [3.8, 4) is 0 Å². The summed E-state index contributed by atoms with van der Waals surface area (Å²) >= 11 is 6.00. The SMILES string of the molecule is CN(c1ccc(F)c([C@@]2(C)N=C(N)COC[C@@H]2F)c1)c1nn(C(F)F)cc1Cl. The number of amidine groups is 1. The second kappa shape index (κ2) is 7.59. The third kappa shape index (κ3) is 3.66. The fraction of sp³-hybridized carbons (Fsp3) is 0.412. The van der Waals surface area contributed by atoms with E-state index in [1.165, 1.54) is 31.0 Å². The number of nitrogens with zero attached hydrogens (tertiary/aromatic N) is 4. The number of benzene rings is 1. The van der Waals surface area contributed by atoms with E-state index in [0.717, 1.165) is 12.3 Å².